The molecule has 0 heterocycles. The number of benzene rings is 3. The van der Waals surface area contributed by atoms with Crippen LogP contribution in [-0.4, -0.2) is 15.5 Å². The largest absolute Gasteiger partial charge is 0.399 e. The summed E-state index contributed by atoms with van der Waals surface area (Å²) in [6.45, 7) is 0. The van der Waals surface area contributed by atoms with E-state index in [1.165, 1.54) is 4.31 Å². The number of nitrogens with two attached hydrogens (primary N) is 1. The topological polar surface area (TPSA) is 63.4 Å². The van der Waals surface area contributed by atoms with Crippen LogP contribution < -0.4 is 10.0 Å². The van der Waals surface area contributed by atoms with E-state index in [2.05, 4.69) is 0 Å². The number of nitrogens with zero attached hydrogens (tertiary/aromatic N) is 1. The number of hydrogen-bond donors (Lipinski definition) is 1. The van der Waals surface area contributed by atoms with E-state index in [0.717, 1.165) is 10.8 Å². The number of fused-ring (bicyclic) bond motifs is 1. The third-order valence-electron chi connectivity index (χ3n) is 3.61. The molecule has 0 aromatic heterocycles. The summed E-state index contributed by atoms with van der Waals surface area (Å²) in [5, 5.41) is 1.76. The zero-order valence-electron chi connectivity index (χ0n) is 12.1. The molecule has 0 saturated carbocycles. The monoisotopic (exact) mass is 312 g/mol. The van der Waals surface area contributed by atoms with Gasteiger partial charge < -0.3 is 5.73 Å². The molecular weight excluding hydrogens is 296 g/mol. The van der Waals surface area contributed by atoms with E-state index in [-0.39, 0.29) is 4.90 Å². The molecule has 0 spiro atoms. The first-order valence-corrected chi connectivity index (χ1v) is 8.26. The predicted octanol–water partition coefficient (Wildman–Crippen LogP) is 3.25. The maximum atomic E-state index is 12.7. The maximum absolute atomic E-state index is 12.7. The summed E-state index contributed by atoms with van der Waals surface area (Å²) in [5.74, 6) is 0. The number of hydrogen-bond acceptors (Lipinski definition) is 3. The van der Waals surface area contributed by atoms with Gasteiger partial charge >= 0.3 is 0 Å². The minimum absolute atomic E-state index is 0.260. The second-order valence-corrected chi connectivity index (χ2v) is 7.05. The molecule has 5 heteroatoms. The van der Waals surface area contributed by atoms with Crippen LogP contribution in [0.5, 0.6) is 0 Å². The van der Waals surface area contributed by atoms with Gasteiger partial charge in [0.25, 0.3) is 10.0 Å². The predicted molar refractivity (Wildman–Crippen MR) is 90.4 cm³/mol. The van der Waals surface area contributed by atoms with Gasteiger partial charge in [-0.1, -0.05) is 30.3 Å². The van der Waals surface area contributed by atoms with E-state index in [1.807, 2.05) is 30.3 Å². The first kappa shape index (κ1) is 14.4. The van der Waals surface area contributed by atoms with E-state index in [4.69, 9.17) is 5.73 Å². The first-order valence-electron chi connectivity index (χ1n) is 6.82. The van der Waals surface area contributed by atoms with Crippen molar-refractivity contribution in [3.8, 4) is 0 Å². The summed E-state index contributed by atoms with van der Waals surface area (Å²) in [7, 11) is -2.04. The standard InChI is InChI=1S/C17H16N2O2S/c1-19(16-5-3-2-4-6-16)22(20,21)17-10-8-13-11-15(18)9-7-14(13)12-17/h2-12H,18H2,1H3. The van der Waals surface area contributed by atoms with Gasteiger partial charge in [-0.15, -0.1) is 0 Å². The quantitative estimate of drug-likeness (QED) is 0.755. The van der Waals surface area contributed by atoms with E-state index >= 15 is 0 Å². The molecule has 22 heavy (non-hydrogen) atoms. The van der Waals surface area contributed by atoms with Gasteiger partial charge in [-0.2, -0.15) is 0 Å². The molecular formula is C17H16N2O2S. The van der Waals surface area contributed by atoms with Crippen LogP contribution in [-0.2, 0) is 10.0 Å². The number of sulfonamides is 1. The summed E-state index contributed by atoms with van der Waals surface area (Å²) in [5.41, 5.74) is 7.03. The lowest BCUT2D eigenvalue weighted by Crippen LogP contribution is -2.26. The van der Waals surface area contributed by atoms with Crippen LogP contribution >= 0.6 is 0 Å². The van der Waals surface area contributed by atoms with Gasteiger partial charge in [0.2, 0.25) is 0 Å². The van der Waals surface area contributed by atoms with Crippen LogP contribution in [0.15, 0.2) is 71.6 Å². The molecule has 0 radical (unpaired) electrons. The molecule has 2 N–H and O–H groups in total. The second kappa shape index (κ2) is 5.35. The zero-order valence-corrected chi connectivity index (χ0v) is 12.9. The lowest BCUT2D eigenvalue weighted by molar-refractivity contribution is 0.594. The second-order valence-electron chi connectivity index (χ2n) is 5.08. The van der Waals surface area contributed by atoms with E-state index < -0.39 is 10.0 Å². The molecule has 0 aliphatic carbocycles. The third kappa shape index (κ3) is 2.51. The van der Waals surface area contributed by atoms with Crippen LogP contribution in [0.1, 0.15) is 0 Å². The molecule has 3 aromatic carbocycles. The summed E-state index contributed by atoms with van der Waals surface area (Å²) in [6, 6.07) is 19.5. The Kier molecular flexibility index (Phi) is 3.50. The van der Waals surface area contributed by atoms with Gasteiger partial charge in [0, 0.05) is 12.7 Å². The normalized spacial score (nSPS) is 11.5. The Hall–Kier alpha value is -2.53. The smallest absolute Gasteiger partial charge is 0.264 e. The molecule has 3 aromatic rings. The average Bonchev–Trinajstić information content (AvgIpc) is 2.54. The first-order chi connectivity index (χ1) is 10.5. The van der Waals surface area contributed by atoms with Crippen molar-refractivity contribution < 1.29 is 8.42 Å². The van der Waals surface area contributed by atoms with E-state index in [0.29, 0.717) is 11.4 Å². The molecule has 0 aliphatic heterocycles. The van der Waals surface area contributed by atoms with Crippen molar-refractivity contribution in [3.05, 3.63) is 66.7 Å². The minimum Gasteiger partial charge on any atom is -0.399 e. The van der Waals surface area contributed by atoms with Crippen molar-refractivity contribution in [3.63, 3.8) is 0 Å². The summed E-state index contributed by atoms with van der Waals surface area (Å²) in [4.78, 5) is 0.260. The Balaban J connectivity index is 2.07. The SMILES string of the molecule is CN(c1ccccc1)S(=O)(=O)c1ccc2cc(N)ccc2c1. The average molecular weight is 312 g/mol. The Morgan fingerprint density at radius 2 is 1.50 bits per heavy atom. The van der Waals surface area contributed by atoms with E-state index in [1.54, 1.807) is 43.4 Å². The molecule has 0 unspecified atom stereocenters. The molecule has 0 atom stereocenters. The number of para-hydroxylation sites is 1. The fourth-order valence-electron chi connectivity index (χ4n) is 2.34. The van der Waals surface area contributed by atoms with Crippen LogP contribution in [0.2, 0.25) is 0 Å². The Morgan fingerprint density at radius 1 is 0.864 bits per heavy atom. The molecule has 0 bridgehead atoms. The van der Waals surface area contributed by atoms with Crippen molar-refractivity contribution >= 4 is 32.2 Å². The Labute approximate surface area is 129 Å². The van der Waals surface area contributed by atoms with Gasteiger partial charge in [0.15, 0.2) is 0 Å². The van der Waals surface area contributed by atoms with Gasteiger partial charge in [0.05, 0.1) is 10.6 Å². The van der Waals surface area contributed by atoms with Crippen molar-refractivity contribution in [1.29, 1.82) is 0 Å². The van der Waals surface area contributed by atoms with Gasteiger partial charge in [-0.25, -0.2) is 8.42 Å². The van der Waals surface area contributed by atoms with Gasteiger partial charge in [0.1, 0.15) is 0 Å². The van der Waals surface area contributed by atoms with Crippen LogP contribution in [0, 0.1) is 0 Å². The summed E-state index contributed by atoms with van der Waals surface area (Å²) < 4.78 is 26.8. The van der Waals surface area contributed by atoms with Crippen molar-refractivity contribution in [2.75, 3.05) is 17.1 Å². The van der Waals surface area contributed by atoms with Crippen molar-refractivity contribution in [1.82, 2.24) is 0 Å². The van der Waals surface area contributed by atoms with Crippen LogP contribution in [0.4, 0.5) is 11.4 Å². The number of rotatable bonds is 3. The zero-order chi connectivity index (χ0) is 15.7. The fourth-order valence-corrected chi connectivity index (χ4v) is 3.57. The van der Waals surface area contributed by atoms with Gasteiger partial charge in [-0.05, 0) is 47.2 Å². The molecule has 0 saturated heterocycles. The van der Waals surface area contributed by atoms with Crippen molar-refractivity contribution in [2.45, 2.75) is 4.90 Å². The highest BCUT2D eigenvalue weighted by Crippen LogP contribution is 2.25. The number of anilines is 2. The molecule has 4 nitrogen and oxygen atoms in total. The molecule has 0 aliphatic rings. The van der Waals surface area contributed by atoms with Crippen LogP contribution in [0.25, 0.3) is 10.8 Å². The molecule has 112 valence electrons. The maximum Gasteiger partial charge on any atom is 0.264 e. The third-order valence-corrected chi connectivity index (χ3v) is 5.40. The summed E-state index contributed by atoms with van der Waals surface area (Å²) >= 11 is 0. The Morgan fingerprint density at radius 3 is 2.23 bits per heavy atom. The van der Waals surface area contributed by atoms with E-state index in [9.17, 15) is 8.42 Å². The minimum atomic E-state index is -3.59. The van der Waals surface area contributed by atoms with Gasteiger partial charge in [-0.3, -0.25) is 4.31 Å². The highest BCUT2D eigenvalue weighted by molar-refractivity contribution is 7.92. The molecule has 3 rings (SSSR count). The molecule has 0 amide bonds. The molecule has 0 fully saturated rings. The Bertz CT molecular complexity index is 922. The van der Waals surface area contributed by atoms with Crippen LogP contribution in [0.3, 0.4) is 0 Å². The van der Waals surface area contributed by atoms with Crippen molar-refractivity contribution in [2.24, 2.45) is 0 Å². The highest BCUT2D eigenvalue weighted by Gasteiger charge is 2.21. The lowest BCUT2D eigenvalue weighted by atomic mass is 10.1. The summed E-state index contributed by atoms with van der Waals surface area (Å²) in [6.07, 6.45) is 0. The number of nitrogen functional groups attached to an aromatic ring is 1. The fraction of sp³-hybridized carbons (Fsp3) is 0.0588. The lowest BCUT2D eigenvalue weighted by Gasteiger charge is -2.19. The highest BCUT2D eigenvalue weighted by atomic mass is 32.2.